The maximum Gasteiger partial charge on any atom is 0.409 e. The van der Waals surface area contributed by atoms with Crippen LogP contribution in [0.5, 0.6) is 0 Å². The van der Waals surface area contributed by atoms with Gasteiger partial charge in [-0.05, 0) is 38.0 Å². The highest BCUT2D eigenvalue weighted by Crippen LogP contribution is 2.18. The fourth-order valence-electron chi connectivity index (χ4n) is 2.87. The predicted octanol–water partition coefficient (Wildman–Crippen LogP) is 2.49. The smallest absolute Gasteiger partial charge is 0.409 e. The molecule has 1 aliphatic rings. The van der Waals surface area contributed by atoms with Crippen molar-refractivity contribution in [1.82, 2.24) is 15.2 Å². The second-order valence-corrected chi connectivity index (χ2v) is 5.85. The third-order valence-electron chi connectivity index (χ3n) is 4.11. The van der Waals surface area contributed by atoms with Crippen LogP contribution in [-0.2, 0) is 4.74 Å². The van der Waals surface area contributed by atoms with Crippen LogP contribution in [0, 0.1) is 6.92 Å². The molecule has 2 heterocycles. The fourth-order valence-corrected chi connectivity index (χ4v) is 2.87. The van der Waals surface area contributed by atoms with E-state index >= 15 is 0 Å². The van der Waals surface area contributed by atoms with E-state index in [0.29, 0.717) is 49.6 Å². The number of nitrogens with zero attached hydrogens (tertiary/aromatic N) is 2. The summed E-state index contributed by atoms with van der Waals surface area (Å²) >= 11 is 0. The number of benzene rings is 1. The summed E-state index contributed by atoms with van der Waals surface area (Å²) in [7, 11) is 0. The van der Waals surface area contributed by atoms with Gasteiger partial charge < -0.3 is 19.4 Å². The van der Waals surface area contributed by atoms with Crippen molar-refractivity contribution in [2.45, 2.75) is 32.7 Å². The Hall–Kier alpha value is -2.57. The van der Waals surface area contributed by atoms with E-state index in [4.69, 9.17) is 9.15 Å². The van der Waals surface area contributed by atoms with Crippen LogP contribution in [0.15, 0.2) is 22.6 Å². The maximum atomic E-state index is 12.4. The summed E-state index contributed by atoms with van der Waals surface area (Å²) in [6, 6.07) is 5.28. The topological polar surface area (TPSA) is 84.7 Å². The summed E-state index contributed by atoms with van der Waals surface area (Å²) in [6.45, 7) is 5.11. The lowest BCUT2D eigenvalue weighted by molar-refractivity contribution is 0.0860. The van der Waals surface area contributed by atoms with Crippen LogP contribution in [0.4, 0.5) is 4.79 Å². The number of oxazole rings is 1. The van der Waals surface area contributed by atoms with Crippen molar-refractivity contribution in [2.75, 3.05) is 19.7 Å². The minimum Gasteiger partial charge on any atom is -0.450 e. The number of amides is 2. The summed E-state index contributed by atoms with van der Waals surface area (Å²) < 4.78 is 10.5. The van der Waals surface area contributed by atoms with Crippen LogP contribution in [0.25, 0.3) is 11.1 Å². The van der Waals surface area contributed by atoms with Crippen LogP contribution in [-0.4, -0.2) is 47.6 Å². The van der Waals surface area contributed by atoms with Crippen LogP contribution >= 0.6 is 0 Å². The molecule has 0 saturated carbocycles. The number of hydrogen-bond donors (Lipinski definition) is 1. The molecule has 128 valence electrons. The van der Waals surface area contributed by atoms with Gasteiger partial charge in [0, 0.05) is 31.6 Å². The number of piperidine rings is 1. The number of hydrogen-bond acceptors (Lipinski definition) is 5. The SMILES string of the molecule is CCOC(=O)N1CCC(NC(=O)c2ccc3nc(C)oc3c2)CC1. The molecule has 1 fully saturated rings. The zero-order chi connectivity index (χ0) is 17.1. The van der Waals surface area contributed by atoms with Gasteiger partial charge in [-0.25, -0.2) is 9.78 Å². The van der Waals surface area contributed by atoms with Gasteiger partial charge in [0.25, 0.3) is 5.91 Å². The first-order chi connectivity index (χ1) is 11.6. The third kappa shape index (κ3) is 3.50. The zero-order valence-corrected chi connectivity index (χ0v) is 13.9. The third-order valence-corrected chi connectivity index (χ3v) is 4.11. The Kier molecular flexibility index (Phi) is 4.69. The van der Waals surface area contributed by atoms with Gasteiger partial charge in [0.15, 0.2) is 11.5 Å². The lowest BCUT2D eigenvalue weighted by Crippen LogP contribution is -2.46. The molecule has 0 atom stereocenters. The highest BCUT2D eigenvalue weighted by Gasteiger charge is 2.25. The molecular formula is C17H21N3O4. The number of carbonyl (C=O) groups is 2. The van der Waals surface area contributed by atoms with Crippen molar-refractivity contribution in [3.8, 4) is 0 Å². The first kappa shape index (κ1) is 16.3. The monoisotopic (exact) mass is 331 g/mol. The average Bonchev–Trinajstić information content (AvgIpc) is 2.94. The van der Waals surface area contributed by atoms with Gasteiger partial charge in [-0.2, -0.15) is 0 Å². The molecule has 0 bridgehead atoms. The van der Waals surface area contributed by atoms with Crippen LogP contribution in [0.1, 0.15) is 36.0 Å². The number of rotatable bonds is 3. The van der Waals surface area contributed by atoms with E-state index in [2.05, 4.69) is 10.3 Å². The van der Waals surface area contributed by atoms with Crippen molar-refractivity contribution < 1.29 is 18.7 Å². The number of nitrogens with one attached hydrogen (secondary N) is 1. The van der Waals surface area contributed by atoms with E-state index in [1.54, 1.807) is 36.9 Å². The van der Waals surface area contributed by atoms with Gasteiger partial charge in [0.2, 0.25) is 0 Å². The minimum atomic E-state index is -0.284. The number of ether oxygens (including phenoxy) is 1. The molecule has 3 rings (SSSR count). The van der Waals surface area contributed by atoms with E-state index in [1.807, 2.05) is 0 Å². The number of aryl methyl sites for hydroxylation is 1. The summed E-state index contributed by atoms with van der Waals surface area (Å²) in [4.78, 5) is 30.0. The Morgan fingerprint density at radius 3 is 2.83 bits per heavy atom. The lowest BCUT2D eigenvalue weighted by atomic mass is 10.0. The van der Waals surface area contributed by atoms with E-state index in [1.165, 1.54) is 0 Å². The Morgan fingerprint density at radius 1 is 1.38 bits per heavy atom. The molecule has 1 N–H and O–H groups in total. The second-order valence-electron chi connectivity index (χ2n) is 5.85. The molecule has 2 aromatic rings. The molecule has 7 nitrogen and oxygen atoms in total. The molecule has 0 spiro atoms. The Labute approximate surface area is 140 Å². The number of likely N-dealkylation sites (tertiary alicyclic amines) is 1. The molecule has 1 aliphatic heterocycles. The minimum absolute atomic E-state index is 0.0512. The van der Waals surface area contributed by atoms with E-state index in [-0.39, 0.29) is 18.0 Å². The van der Waals surface area contributed by atoms with Crippen LogP contribution in [0.3, 0.4) is 0 Å². The normalized spacial score (nSPS) is 15.5. The molecule has 7 heteroatoms. The Morgan fingerprint density at radius 2 is 2.12 bits per heavy atom. The molecule has 0 radical (unpaired) electrons. The molecule has 0 aliphatic carbocycles. The van der Waals surface area contributed by atoms with Crippen molar-refractivity contribution >= 4 is 23.1 Å². The molecule has 0 unspecified atom stereocenters. The predicted molar refractivity (Wildman–Crippen MR) is 87.8 cm³/mol. The van der Waals surface area contributed by atoms with Gasteiger partial charge in [0.05, 0.1) is 6.61 Å². The van der Waals surface area contributed by atoms with Crippen molar-refractivity contribution in [3.63, 3.8) is 0 Å². The van der Waals surface area contributed by atoms with Gasteiger partial charge >= 0.3 is 6.09 Å². The first-order valence-electron chi connectivity index (χ1n) is 8.16. The number of fused-ring (bicyclic) bond motifs is 1. The summed E-state index contributed by atoms with van der Waals surface area (Å²) in [5.74, 6) is 0.439. The molecule has 1 aromatic carbocycles. The van der Waals surface area contributed by atoms with Crippen molar-refractivity contribution in [1.29, 1.82) is 0 Å². The van der Waals surface area contributed by atoms with Crippen LogP contribution < -0.4 is 5.32 Å². The molecule has 2 amide bonds. The quantitative estimate of drug-likeness (QED) is 0.934. The van der Waals surface area contributed by atoms with Gasteiger partial charge in [-0.1, -0.05) is 0 Å². The first-order valence-corrected chi connectivity index (χ1v) is 8.16. The van der Waals surface area contributed by atoms with Crippen LogP contribution in [0.2, 0.25) is 0 Å². The largest absolute Gasteiger partial charge is 0.450 e. The number of carbonyl (C=O) groups excluding carboxylic acids is 2. The summed E-state index contributed by atoms with van der Waals surface area (Å²) in [6.07, 6.45) is 1.15. The fraction of sp³-hybridized carbons (Fsp3) is 0.471. The Balaban J connectivity index is 1.58. The molecule has 24 heavy (non-hydrogen) atoms. The molecule has 1 saturated heterocycles. The van der Waals surface area contributed by atoms with E-state index in [0.717, 1.165) is 5.52 Å². The zero-order valence-electron chi connectivity index (χ0n) is 13.9. The second kappa shape index (κ2) is 6.90. The van der Waals surface area contributed by atoms with Crippen molar-refractivity contribution in [3.05, 3.63) is 29.7 Å². The van der Waals surface area contributed by atoms with Gasteiger partial charge in [-0.3, -0.25) is 4.79 Å². The van der Waals surface area contributed by atoms with E-state index < -0.39 is 0 Å². The lowest BCUT2D eigenvalue weighted by Gasteiger charge is -2.31. The highest BCUT2D eigenvalue weighted by atomic mass is 16.6. The molecule has 1 aromatic heterocycles. The Bertz CT molecular complexity index is 747. The standard InChI is InChI=1S/C17H21N3O4/c1-3-23-17(22)20-8-6-13(7-9-20)19-16(21)12-4-5-14-15(10-12)24-11(2)18-14/h4-5,10,13H,3,6-9H2,1-2H3,(H,19,21). The number of aromatic nitrogens is 1. The summed E-state index contributed by atoms with van der Waals surface area (Å²) in [5.41, 5.74) is 1.90. The van der Waals surface area contributed by atoms with Gasteiger partial charge in [0.1, 0.15) is 5.52 Å². The van der Waals surface area contributed by atoms with E-state index in [9.17, 15) is 9.59 Å². The van der Waals surface area contributed by atoms with Gasteiger partial charge in [-0.15, -0.1) is 0 Å². The average molecular weight is 331 g/mol. The molecular weight excluding hydrogens is 310 g/mol. The maximum absolute atomic E-state index is 12.4. The summed E-state index contributed by atoms with van der Waals surface area (Å²) in [5, 5.41) is 3.02. The van der Waals surface area contributed by atoms with Crippen molar-refractivity contribution in [2.24, 2.45) is 0 Å². The highest BCUT2D eigenvalue weighted by molar-refractivity contribution is 5.97.